The summed E-state index contributed by atoms with van der Waals surface area (Å²) in [7, 11) is 1.60. The summed E-state index contributed by atoms with van der Waals surface area (Å²) in [4.78, 5) is 26.0. The quantitative estimate of drug-likeness (QED) is 0.350. The molecule has 2 aromatic rings. The Morgan fingerprint density at radius 2 is 1.76 bits per heavy atom. The Balaban J connectivity index is 2.82. The van der Waals surface area contributed by atoms with Crippen molar-refractivity contribution in [2.24, 2.45) is 0 Å². The number of ether oxygens (including phenoxy) is 1. The second kappa shape index (κ2) is 10.7. The molecule has 0 N–H and O–H groups in total. The number of aromatic nitrogens is 1. The van der Waals surface area contributed by atoms with Crippen molar-refractivity contribution in [1.29, 1.82) is 0 Å². The summed E-state index contributed by atoms with van der Waals surface area (Å²) in [6.45, 7) is 7.59. The molecule has 0 atom stereocenters. The van der Waals surface area contributed by atoms with Crippen LogP contribution in [0.2, 0.25) is 0 Å². The molecule has 1 heterocycles. The number of hydrogen-bond donors (Lipinski definition) is 0. The largest absolute Gasteiger partial charge is 0.497 e. The minimum Gasteiger partial charge on any atom is -0.497 e. The molecule has 1 aromatic carbocycles. The third-order valence-corrected chi connectivity index (χ3v) is 5.06. The number of pyridine rings is 1. The lowest BCUT2D eigenvalue weighted by Gasteiger charge is -2.18. The number of unbranched alkanes of at least 4 members (excludes halogenated alkanes) is 3. The van der Waals surface area contributed by atoms with E-state index in [9.17, 15) is 9.59 Å². The molecule has 0 spiro atoms. The lowest BCUT2D eigenvalue weighted by atomic mass is 9.93. The second-order valence-electron chi connectivity index (χ2n) is 7.23. The summed E-state index contributed by atoms with van der Waals surface area (Å²) in [5, 5.41) is 0. The number of hydrogen-bond acceptors (Lipinski definition) is 3. The van der Waals surface area contributed by atoms with E-state index in [-0.39, 0.29) is 11.3 Å². The van der Waals surface area contributed by atoms with Gasteiger partial charge in [-0.05, 0) is 68.9 Å². The van der Waals surface area contributed by atoms with E-state index in [0.717, 1.165) is 37.7 Å². The molecule has 0 bridgehead atoms. The van der Waals surface area contributed by atoms with Gasteiger partial charge in [-0.2, -0.15) is 0 Å². The molecule has 0 aliphatic rings. The molecule has 154 valence electrons. The molecule has 0 saturated heterocycles. The molecule has 0 unspecified atom stereocenters. The fourth-order valence-electron chi connectivity index (χ4n) is 3.39. The molecular formula is C25H31NO3. The van der Waals surface area contributed by atoms with Crippen molar-refractivity contribution in [1.82, 2.24) is 4.57 Å². The fraction of sp³-hybridized carbons (Fsp3) is 0.440. The van der Waals surface area contributed by atoms with E-state index in [1.54, 1.807) is 18.6 Å². The average Bonchev–Trinajstić information content (AvgIpc) is 2.72. The fourth-order valence-corrected chi connectivity index (χ4v) is 3.39. The molecule has 1 aromatic heterocycles. The number of rotatable bonds is 8. The predicted octanol–water partition coefficient (Wildman–Crippen LogP) is 5.24. The number of carbonyl (C=O) groups is 1. The van der Waals surface area contributed by atoms with Gasteiger partial charge < -0.3 is 4.74 Å². The van der Waals surface area contributed by atoms with Crippen molar-refractivity contribution in [3.05, 3.63) is 57.0 Å². The third kappa shape index (κ3) is 5.17. The van der Waals surface area contributed by atoms with Crippen LogP contribution in [0.25, 0.3) is 5.69 Å². The maximum Gasteiger partial charge on any atom is 0.259 e. The third-order valence-electron chi connectivity index (χ3n) is 5.06. The van der Waals surface area contributed by atoms with E-state index in [2.05, 4.69) is 25.7 Å². The van der Waals surface area contributed by atoms with Crippen molar-refractivity contribution in [2.45, 2.75) is 66.2 Å². The standard InChI is InChI=1S/C25H31NO3/c1-6-8-10-11-13-23-24(19(4)27)22(12-9-7-2)18(3)25(28)26(23)20-14-16-21(29-5)17-15-20/h14-17H,6-10,12H2,1-5H3. The molecule has 0 amide bonds. The minimum atomic E-state index is -0.119. The van der Waals surface area contributed by atoms with Crippen LogP contribution in [0.4, 0.5) is 0 Å². The summed E-state index contributed by atoms with van der Waals surface area (Å²) in [5.41, 5.74) is 3.11. The Morgan fingerprint density at radius 1 is 1.10 bits per heavy atom. The van der Waals surface area contributed by atoms with Gasteiger partial charge in [0.05, 0.1) is 18.4 Å². The van der Waals surface area contributed by atoms with Gasteiger partial charge >= 0.3 is 0 Å². The summed E-state index contributed by atoms with van der Waals surface area (Å²) in [6.07, 6.45) is 5.41. The van der Waals surface area contributed by atoms with Crippen molar-refractivity contribution < 1.29 is 9.53 Å². The number of ketones is 1. The van der Waals surface area contributed by atoms with Gasteiger partial charge in [0.2, 0.25) is 0 Å². The molecule has 0 radical (unpaired) electrons. The van der Waals surface area contributed by atoms with Gasteiger partial charge in [0.25, 0.3) is 5.56 Å². The van der Waals surface area contributed by atoms with Crippen LogP contribution in [0.5, 0.6) is 5.75 Å². The van der Waals surface area contributed by atoms with Crippen LogP contribution in [0.15, 0.2) is 29.1 Å². The van der Waals surface area contributed by atoms with Crippen LogP contribution in [0, 0.1) is 18.8 Å². The van der Waals surface area contributed by atoms with Gasteiger partial charge in [-0.25, -0.2) is 0 Å². The second-order valence-corrected chi connectivity index (χ2v) is 7.23. The number of nitrogens with zero attached hydrogens (tertiary/aromatic N) is 1. The zero-order chi connectivity index (χ0) is 21.4. The van der Waals surface area contributed by atoms with E-state index in [1.807, 2.05) is 31.2 Å². The molecule has 0 aliphatic carbocycles. The Hall–Kier alpha value is -2.80. The maximum atomic E-state index is 13.3. The molecular weight excluding hydrogens is 362 g/mol. The topological polar surface area (TPSA) is 48.3 Å². The SMILES string of the molecule is CCCCC#Cc1c(C(C)=O)c(CCCC)c(C)c(=O)n1-c1ccc(OC)cc1. The van der Waals surface area contributed by atoms with Gasteiger partial charge in [0.1, 0.15) is 11.4 Å². The number of carbonyl (C=O) groups excluding carboxylic acids is 1. The van der Waals surface area contributed by atoms with Crippen LogP contribution >= 0.6 is 0 Å². The van der Waals surface area contributed by atoms with Crippen molar-refractivity contribution in [2.75, 3.05) is 7.11 Å². The van der Waals surface area contributed by atoms with E-state index >= 15 is 0 Å². The zero-order valence-corrected chi connectivity index (χ0v) is 18.2. The summed E-state index contributed by atoms with van der Waals surface area (Å²) >= 11 is 0. The molecule has 2 rings (SSSR count). The molecule has 0 saturated carbocycles. The van der Waals surface area contributed by atoms with Gasteiger partial charge in [-0.15, -0.1) is 0 Å². The average molecular weight is 394 g/mol. The van der Waals surface area contributed by atoms with Gasteiger partial charge in [-0.3, -0.25) is 14.2 Å². The van der Waals surface area contributed by atoms with E-state index < -0.39 is 0 Å². The van der Waals surface area contributed by atoms with Crippen molar-refractivity contribution >= 4 is 5.78 Å². The Morgan fingerprint density at radius 3 is 2.31 bits per heavy atom. The Labute approximate surface area is 173 Å². The van der Waals surface area contributed by atoms with E-state index in [1.165, 1.54) is 0 Å². The van der Waals surface area contributed by atoms with Crippen molar-refractivity contribution in [3.8, 4) is 23.3 Å². The predicted molar refractivity (Wildman–Crippen MR) is 118 cm³/mol. The molecule has 4 heteroatoms. The van der Waals surface area contributed by atoms with Crippen LogP contribution in [-0.4, -0.2) is 17.5 Å². The monoisotopic (exact) mass is 393 g/mol. The van der Waals surface area contributed by atoms with Gasteiger partial charge in [0, 0.05) is 12.0 Å². The van der Waals surface area contributed by atoms with Crippen LogP contribution in [0.1, 0.15) is 80.1 Å². The molecule has 0 fully saturated rings. The number of methoxy groups -OCH3 is 1. The highest BCUT2D eigenvalue weighted by atomic mass is 16.5. The first-order chi connectivity index (χ1) is 14.0. The minimum absolute atomic E-state index is 0.0544. The zero-order valence-electron chi connectivity index (χ0n) is 18.2. The number of Topliss-reactive ketones (excluding diaryl/α,β-unsaturated/α-hetero) is 1. The van der Waals surface area contributed by atoms with Gasteiger partial charge in [0.15, 0.2) is 5.78 Å². The van der Waals surface area contributed by atoms with Crippen molar-refractivity contribution in [3.63, 3.8) is 0 Å². The molecule has 4 nitrogen and oxygen atoms in total. The normalized spacial score (nSPS) is 10.4. The van der Waals surface area contributed by atoms with E-state index in [4.69, 9.17) is 4.74 Å². The summed E-state index contributed by atoms with van der Waals surface area (Å²) in [5.74, 6) is 7.00. The Kier molecular flexibility index (Phi) is 8.27. The first-order valence-electron chi connectivity index (χ1n) is 10.4. The van der Waals surface area contributed by atoms with Crippen LogP contribution in [-0.2, 0) is 6.42 Å². The van der Waals surface area contributed by atoms with E-state index in [0.29, 0.717) is 34.7 Å². The highest BCUT2D eigenvalue weighted by Crippen LogP contribution is 2.23. The lowest BCUT2D eigenvalue weighted by molar-refractivity contribution is 0.101. The lowest BCUT2D eigenvalue weighted by Crippen LogP contribution is -2.28. The van der Waals surface area contributed by atoms with Gasteiger partial charge in [-0.1, -0.05) is 32.6 Å². The van der Waals surface area contributed by atoms with Crippen LogP contribution in [0.3, 0.4) is 0 Å². The smallest absolute Gasteiger partial charge is 0.259 e. The number of benzene rings is 1. The highest BCUT2D eigenvalue weighted by molar-refractivity contribution is 5.98. The highest BCUT2D eigenvalue weighted by Gasteiger charge is 2.22. The molecule has 0 aliphatic heterocycles. The van der Waals surface area contributed by atoms with Crippen LogP contribution < -0.4 is 10.3 Å². The Bertz CT molecular complexity index is 972. The maximum absolute atomic E-state index is 13.3. The first-order valence-corrected chi connectivity index (χ1v) is 10.4. The summed E-state index contributed by atoms with van der Waals surface area (Å²) < 4.78 is 6.82. The summed E-state index contributed by atoms with van der Waals surface area (Å²) in [6, 6.07) is 7.27. The molecule has 29 heavy (non-hydrogen) atoms. The first kappa shape index (κ1) is 22.5.